The first-order chi connectivity index (χ1) is 35.1. The van der Waals surface area contributed by atoms with Crippen molar-refractivity contribution < 1.29 is 52.1 Å². The highest BCUT2D eigenvalue weighted by Crippen LogP contribution is 2.42. The van der Waals surface area contributed by atoms with Gasteiger partial charge < -0.3 is 9.47 Å². The Balaban J connectivity index is 0.00000235. The van der Waals surface area contributed by atoms with E-state index < -0.39 is 49.6 Å². The lowest BCUT2D eigenvalue weighted by molar-refractivity contribution is -0.608. The van der Waals surface area contributed by atoms with Crippen molar-refractivity contribution in [3.63, 3.8) is 0 Å². The van der Waals surface area contributed by atoms with E-state index in [9.17, 15) is 0 Å². The highest BCUT2D eigenvalue weighted by atomic mass is 17.1. The third-order valence-electron chi connectivity index (χ3n) is 11.5. The van der Waals surface area contributed by atoms with Gasteiger partial charge in [0.1, 0.15) is 0 Å². The molecule has 72 heavy (non-hydrogen) atoms. The van der Waals surface area contributed by atoms with Gasteiger partial charge in [-0.05, 0) is 70.1 Å². The molecule has 0 aliphatic carbocycles. The van der Waals surface area contributed by atoms with Crippen LogP contribution in [-0.2, 0) is 52.1 Å². The minimum Gasteiger partial charge on any atom is -0.323 e. The molecule has 0 aromatic rings. The SMILES string of the molecule is CCC=CCCC.CCCC=CCC1OC(CC=CCCC)OC2(CC=CCCCC(C)C)OC3OCOC(CC=CCCC)(OC(CC=CCCC)OC(CC=CCCC)(O1)OC(CC=CCCC)O3)O2. The minimum absolute atomic E-state index is 0.113. The number of ether oxygens (including phenoxy) is 11. The first-order valence-electron chi connectivity index (χ1n) is 28.6. The van der Waals surface area contributed by atoms with Crippen LogP contribution in [0.1, 0.15) is 230 Å². The molecule has 5 saturated heterocycles. The van der Waals surface area contributed by atoms with Crippen LogP contribution in [0, 0.1) is 5.92 Å². The highest BCUT2D eigenvalue weighted by Gasteiger charge is 2.54. The summed E-state index contributed by atoms with van der Waals surface area (Å²) in [6, 6.07) is 0. The van der Waals surface area contributed by atoms with Crippen LogP contribution in [0.15, 0.2) is 97.2 Å². The number of hydrogen-bond donors (Lipinski definition) is 0. The highest BCUT2D eigenvalue weighted by molar-refractivity contribution is 4.94. The predicted molar refractivity (Wildman–Crippen MR) is 293 cm³/mol. The fourth-order valence-electron chi connectivity index (χ4n) is 7.58. The van der Waals surface area contributed by atoms with Crippen molar-refractivity contribution in [3.8, 4) is 0 Å². The summed E-state index contributed by atoms with van der Waals surface area (Å²) in [7, 11) is 0. The summed E-state index contributed by atoms with van der Waals surface area (Å²) in [6.45, 7) is 20.1. The summed E-state index contributed by atoms with van der Waals surface area (Å²) in [5.74, 6) is -4.99. The van der Waals surface area contributed by atoms with E-state index in [1.165, 1.54) is 19.3 Å². The standard InChI is InChI=1S/C54H90O11.C7H14/c1-9-15-21-30-38-47-57-48(39-31-22-16-10-2)61-54(44-36-28-27-29-37-46(7)8)64-51-55-45-56-52(65-54,42-34-25-19-13-5)62-50(41-33-24-18-12-4)63-53(59-47,43-35-26-20-14-6)60-49(58-51)40-32-23-17-11-3;1-3-5-7-6-4-2/h21-26,28,30-36,46-51H,9-20,27,29,37-45H2,1-8H3;5,7H,3-4,6H2,1-2H3. The van der Waals surface area contributed by atoms with Gasteiger partial charge in [-0.15, -0.1) is 0 Å². The number of unbranched alkanes of at least 4 members (excludes halogenated alkanes) is 8. The molecule has 0 aromatic carbocycles. The third kappa shape index (κ3) is 29.5. The zero-order valence-electron chi connectivity index (χ0n) is 47.1. The smallest absolute Gasteiger partial charge is 0.297 e. The molecule has 0 saturated carbocycles. The summed E-state index contributed by atoms with van der Waals surface area (Å²) < 4.78 is 76.7. The van der Waals surface area contributed by atoms with Gasteiger partial charge in [0.25, 0.3) is 24.4 Å². The van der Waals surface area contributed by atoms with E-state index >= 15 is 0 Å². The lowest BCUT2D eigenvalue weighted by Crippen LogP contribution is -2.60. The van der Waals surface area contributed by atoms with E-state index in [2.05, 4.69) is 142 Å². The Morgan fingerprint density at radius 2 is 0.764 bits per heavy atom. The van der Waals surface area contributed by atoms with Crippen LogP contribution in [0.2, 0.25) is 0 Å². The predicted octanol–water partition coefficient (Wildman–Crippen LogP) is 17.7. The lowest BCUT2D eigenvalue weighted by Gasteiger charge is -2.49. The Morgan fingerprint density at radius 1 is 0.389 bits per heavy atom. The van der Waals surface area contributed by atoms with E-state index in [0.717, 1.165) is 96.3 Å². The molecule has 11 nitrogen and oxygen atoms in total. The van der Waals surface area contributed by atoms with E-state index in [1.807, 2.05) is 24.3 Å². The van der Waals surface area contributed by atoms with Crippen molar-refractivity contribution in [3.05, 3.63) is 97.2 Å². The van der Waals surface area contributed by atoms with Crippen molar-refractivity contribution in [2.24, 2.45) is 5.92 Å². The van der Waals surface area contributed by atoms with Crippen molar-refractivity contribution in [2.45, 2.75) is 279 Å². The molecular formula is C61H104O11. The molecule has 8 unspecified atom stereocenters. The van der Waals surface area contributed by atoms with Crippen LogP contribution in [0.3, 0.4) is 0 Å². The average molecular weight is 1010 g/mol. The second-order valence-corrected chi connectivity index (χ2v) is 19.1. The van der Waals surface area contributed by atoms with Gasteiger partial charge in [0, 0.05) is 44.9 Å². The maximum Gasteiger partial charge on any atom is 0.297 e. The molecule has 5 fully saturated rings. The largest absolute Gasteiger partial charge is 0.323 e. The first-order valence-corrected chi connectivity index (χ1v) is 28.6. The van der Waals surface area contributed by atoms with Gasteiger partial charge in [0.15, 0.2) is 32.0 Å². The van der Waals surface area contributed by atoms with Crippen LogP contribution < -0.4 is 0 Å². The summed E-state index contributed by atoms with van der Waals surface area (Å²) in [6.07, 6.45) is 49.5. The molecule has 5 heterocycles. The van der Waals surface area contributed by atoms with Crippen molar-refractivity contribution in [1.29, 1.82) is 0 Å². The monoisotopic (exact) mass is 1010 g/mol. The molecule has 0 aromatic heterocycles. The molecular weight excluding hydrogens is 909 g/mol. The molecule has 414 valence electrons. The third-order valence-corrected chi connectivity index (χ3v) is 11.5. The lowest BCUT2D eigenvalue weighted by atomic mass is 10.1. The van der Waals surface area contributed by atoms with Crippen LogP contribution in [0.25, 0.3) is 0 Å². The van der Waals surface area contributed by atoms with Gasteiger partial charge in [0.05, 0.1) is 0 Å². The first kappa shape index (κ1) is 65.6. The molecule has 5 rings (SSSR count). The maximum absolute atomic E-state index is 7.23. The molecule has 11 heteroatoms. The quantitative estimate of drug-likeness (QED) is 0.0464. The zero-order valence-corrected chi connectivity index (χ0v) is 47.1. The number of rotatable bonds is 33. The van der Waals surface area contributed by atoms with Crippen LogP contribution in [-0.4, -0.2) is 56.3 Å². The van der Waals surface area contributed by atoms with Gasteiger partial charge in [-0.2, -0.15) is 0 Å². The molecule has 0 spiro atoms. The van der Waals surface area contributed by atoms with Crippen LogP contribution >= 0.6 is 0 Å². The molecule has 0 radical (unpaired) electrons. The van der Waals surface area contributed by atoms with E-state index in [1.54, 1.807) is 0 Å². The normalized spacial score (nSPS) is 28.0. The Morgan fingerprint density at radius 3 is 1.24 bits per heavy atom. The van der Waals surface area contributed by atoms with Gasteiger partial charge in [0.2, 0.25) is 0 Å². The minimum atomic E-state index is -1.94. The van der Waals surface area contributed by atoms with Gasteiger partial charge in [-0.25, -0.2) is 0 Å². The topological polar surface area (TPSA) is 102 Å². The van der Waals surface area contributed by atoms with Crippen molar-refractivity contribution in [2.75, 3.05) is 6.79 Å². The van der Waals surface area contributed by atoms with Crippen LogP contribution in [0.4, 0.5) is 0 Å². The van der Waals surface area contributed by atoms with E-state index in [0.29, 0.717) is 31.6 Å². The summed E-state index contributed by atoms with van der Waals surface area (Å²) >= 11 is 0. The Hall–Kier alpha value is -2.52. The Labute approximate surface area is 439 Å². The van der Waals surface area contributed by atoms with Crippen LogP contribution in [0.5, 0.6) is 0 Å². The van der Waals surface area contributed by atoms with Gasteiger partial charge >= 0.3 is 0 Å². The summed E-state index contributed by atoms with van der Waals surface area (Å²) in [5, 5.41) is 0. The second-order valence-electron chi connectivity index (χ2n) is 19.1. The maximum atomic E-state index is 7.23. The molecule has 0 amide bonds. The molecule has 8 atom stereocenters. The molecule has 4 bridgehead atoms. The van der Waals surface area contributed by atoms with E-state index in [-0.39, 0.29) is 26.1 Å². The fraction of sp³-hybridized carbons (Fsp3) is 0.738. The number of allylic oxidation sites excluding steroid dienone is 9. The Kier molecular flexibility index (Phi) is 38.0. The second kappa shape index (κ2) is 41.7. The van der Waals surface area contributed by atoms with E-state index in [4.69, 9.17) is 52.1 Å². The molecule has 5 aliphatic heterocycles. The van der Waals surface area contributed by atoms with Crippen molar-refractivity contribution >= 4 is 0 Å². The molecule has 5 aliphatic rings. The van der Waals surface area contributed by atoms with Gasteiger partial charge in [-0.3, -0.25) is 42.6 Å². The number of hydrogen-bond acceptors (Lipinski definition) is 11. The summed E-state index contributed by atoms with van der Waals surface area (Å²) in [5.41, 5.74) is 0. The molecule has 0 N–H and O–H groups in total. The van der Waals surface area contributed by atoms with Crippen molar-refractivity contribution in [1.82, 2.24) is 0 Å². The fourth-order valence-corrected chi connectivity index (χ4v) is 7.58. The number of fused-ring (bicyclic) bond motifs is 6. The average Bonchev–Trinajstić information content (AvgIpc) is 3.34. The van der Waals surface area contributed by atoms with Gasteiger partial charge in [-0.1, -0.05) is 218 Å². The Bertz CT molecular complexity index is 1550. The zero-order chi connectivity index (χ0) is 52.4. The summed E-state index contributed by atoms with van der Waals surface area (Å²) in [4.78, 5) is 0.